The van der Waals surface area contributed by atoms with Gasteiger partial charge in [0.15, 0.2) is 0 Å². The van der Waals surface area contributed by atoms with E-state index in [0.29, 0.717) is 5.92 Å². The SMILES string of the molecule is CC/C(C=C[C@H]1CC=CC(=O)O1)=C/[C@H](C)C/C=C/C(C)=C/[C@@H](C)C(=O)[C@@H](C)[C@H](O)[C@@H](C)CC. The normalized spacial score (nSPS) is 22.3. The molecule has 4 nitrogen and oxygen atoms in total. The van der Waals surface area contributed by atoms with Crippen molar-refractivity contribution >= 4 is 11.8 Å². The van der Waals surface area contributed by atoms with Crippen LogP contribution in [-0.2, 0) is 14.3 Å². The van der Waals surface area contributed by atoms with Gasteiger partial charge in [-0.1, -0.05) is 95.6 Å². The molecule has 184 valence electrons. The number of allylic oxidation sites excluding steroid dienone is 7. The fraction of sp³-hybridized carbons (Fsp3) is 0.586. The van der Waals surface area contributed by atoms with Gasteiger partial charge in [0.05, 0.1) is 6.10 Å². The molecule has 0 amide bonds. The molecule has 0 radical (unpaired) electrons. The van der Waals surface area contributed by atoms with Gasteiger partial charge in [-0.2, -0.15) is 0 Å². The van der Waals surface area contributed by atoms with Gasteiger partial charge in [-0.3, -0.25) is 4.79 Å². The van der Waals surface area contributed by atoms with Crippen LogP contribution in [0.3, 0.4) is 0 Å². The highest BCUT2D eigenvalue weighted by Gasteiger charge is 2.28. The third-order valence-electron chi connectivity index (χ3n) is 6.36. The third-order valence-corrected chi connectivity index (χ3v) is 6.36. The van der Waals surface area contributed by atoms with Crippen molar-refractivity contribution in [2.75, 3.05) is 0 Å². The Hall–Kier alpha value is -2.20. The number of aliphatic hydroxyl groups is 1. The van der Waals surface area contributed by atoms with Gasteiger partial charge in [0.1, 0.15) is 11.9 Å². The van der Waals surface area contributed by atoms with E-state index in [1.54, 1.807) is 0 Å². The molecule has 33 heavy (non-hydrogen) atoms. The number of cyclic esters (lactones) is 1. The Balaban J connectivity index is 2.63. The minimum Gasteiger partial charge on any atom is -0.455 e. The first kappa shape index (κ1) is 28.8. The number of rotatable bonds is 13. The van der Waals surface area contributed by atoms with Crippen molar-refractivity contribution in [1.82, 2.24) is 0 Å². The molecule has 0 aromatic heterocycles. The van der Waals surface area contributed by atoms with Gasteiger partial charge < -0.3 is 9.84 Å². The van der Waals surface area contributed by atoms with E-state index in [2.05, 4.69) is 38.2 Å². The summed E-state index contributed by atoms with van der Waals surface area (Å²) in [5.41, 5.74) is 2.28. The number of Topliss-reactive ketones (excluding diaryl/α,β-unsaturated/α-hetero) is 1. The van der Waals surface area contributed by atoms with Crippen molar-refractivity contribution < 1.29 is 19.4 Å². The summed E-state index contributed by atoms with van der Waals surface area (Å²) in [6.07, 6.45) is 18.4. The maximum absolute atomic E-state index is 12.7. The van der Waals surface area contributed by atoms with Gasteiger partial charge in [-0.25, -0.2) is 4.79 Å². The lowest BCUT2D eigenvalue weighted by molar-refractivity contribution is -0.141. The topological polar surface area (TPSA) is 63.6 Å². The first-order valence-electron chi connectivity index (χ1n) is 12.4. The van der Waals surface area contributed by atoms with E-state index in [-0.39, 0.29) is 35.6 Å². The minimum absolute atomic E-state index is 0.0883. The third kappa shape index (κ3) is 10.5. The highest BCUT2D eigenvalue weighted by Crippen LogP contribution is 2.21. The number of ketones is 1. The first-order chi connectivity index (χ1) is 15.6. The molecule has 0 bridgehead atoms. The van der Waals surface area contributed by atoms with E-state index in [1.807, 2.05) is 52.8 Å². The molecule has 1 aliphatic heterocycles. The largest absolute Gasteiger partial charge is 0.455 e. The number of carbonyl (C=O) groups is 2. The lowest BCUT2D eigenvalue weighted by Crippen LogP contribution is -2.33. The van der Waals surface area contributed by atoms with Crippen molar-refractivity contribution in [3.8, 4) is 0 Å². The van der Waals surface area contributed by atoms with E-state index in [0.717, 1.165) is 31.3 Å². The van der Waals surface area contributed by atoms with Crippen molar-refractivity contribution in [2.24, 2.45) is 23.7 Å². The molecule has 0 aromatic rings. The molecule has 1 rings (SSSR count). The zero-order valence-electron chi connectivity index (χ0n) is 21.6. The second-order valence-electron chi connectivity index (χ2n) is 9.45. The molecule has 0 fully saturated rings. The maximum Gasteiger partial charge on any atom is 0.331 e. The van der Waals surface area contributed by atoms with Crippen molar-refractivity contribution in [1.29, 1.82) is 0 Å². The summed E-state index contributed by atoms with van der Waals surface area (Å²) in [6.45, 7) is 14.1. The summed E-state index contributed by atoms with van der Waals surface area (Å²) < 4.78 is 5.28. The van der Waals surface area contributed by atoms with Crippen LogP contribution in [0.2, 0.25) is 0 Å². The molecule has 0 saturated heterocycles. The Morgan fingerprint density at radius 3 is 2.48 bits per heavy atom. The second kappa shape index (κ2) is 14.8. The number of ether oxygens (including phenoxy) is 1. The Labute approximate surface area is 201 Å². The van der Waals surface area contributed by atoms with Crippen LogP contribution in [0, 0.1) is 23.7 Å². The van der Waals surface area contributed by atoms with Crippen LogP contribution in [0.5, 0.6) is 0 Å². The summed E-state index contributed by atoms with van der Waals surface area (Å²) in [5.74, 6) is -0.286. The van der Waals surface area contributed by atoms with Crippen LogP contribution >= 0.6 is 0 Å². The Kier molecular flexibility index (Phi) is 13.0. The van der Waals surface area contributed by atoms with E-state index in [4.69, 9.17) is 4.74 Å². The molecule has 1 aliphatic rings. The first-order valence-corrected chi connectivity index (χ1v) is 12.4. The fourth-order valence-corrected chi connectivity index (χ4v) is 3.93. The lowest BCUT2D eigenvalue weighted by atomic mass is 9.84. The smallest absolute Gasteiger partial charge is 0.331 e. The van der Waals surface area contributed by atoms with Crippen LogP contribution in [-0.4, -0.2) is 29.1 Å². The van der Waals surface area contributed by atoms with Crippen molar-refractivity contribution in [3.05, 3.63) is 59.8 Å². The maximum atomic E-state index is 12.7. The van der Waals surface area contributed by atoms with Gasteiger partial charge in [0.25, 0.3) is 0 Å². The Morgan fingerprint density at radius 2 is 1.88 bits per heavy atom. The van der Waals surface area contributed by atoms with E-state index in [9.17, 15) is 14.7 Å². The summed E-state index contributed by atoms with van der Waals surface area (Å²) in [7, 11) is 0. The van der Waals surface area contributed by atoms with E-state index < -0.39 is 6.10 Å². The summed E-state index contributed by atoms with van der Waals surface area (Å²) >= 11 is 0. The molecule has 0 aromatic carbocycles. The quantitative estimate of drug-likeness (QED) is 0.253. The van der Waals surface area contributed by atoms with Gasteiger partial charge in [-0.15, -0.1) is 0 Å². The number of hydrogen-bond acceptors (Lipinski definition) is 4. The molecular formula is C29H44O4. The van der Waals surface area contributed by atoms with Crippen LogP contribution in [0.1, 0.15) is 74.1 Å². The molecule has 0 saturated carbocycles. The number of carbonyl (C=O) groups excluding carboxylic acids is 2. The molecule has 1 heterocycles. The standard InChI is InChI=1S/C29H44O4/c1-8-22(5)28(31)24(7)29(32)23(6)18-20(3)12-10-13-21(4)19-25(9-2)16-17-26-14-11-15-27(30)33-26/h10-12,15-19,21-24,26,28,31H,8-9,13-14H2,1-7H3/b12-10+,17-16?,20-18+,25-19-/t21-,22+,23-,24+,26-,28-/m1/s1. The highest BCUT2D eigenvalue weighted by molar-refractivity contribution is 5.85. The van der Waals surface area contributed by atoms with Crippen LogP contribution in [0.4, 0.5) is 0 Å². The summed E-state index contributed by atoms with van der Waals surface area (Å²) in [6, 6.07) is 0. The lowest BCUT2D eigenvalue weighted by Gasteiger charge is -2.24. The average molecular weight is 457 g/mol. The van der Waals surface area contributed by atoms with Gasteiger partial charge in [-0.05, 0) is 37.7 Å². The highest BCUT2D eigenvalue weighted by atomic mass is 16.5. The summed E-state index contributed by atoms with van der Waals surface area (Å²) in [4.78, 5) is 24.0. The molecule has 4 heteroatoms. The monoisotopic (exact) mass is 456 g/mol. The molecule has 0 spiro atoms. The van der Waals surface area contributed by atoms with Crippen LogP contribution in [0.25, 0.3) is 0 Å². The van der Waals surface area contributed by atoms with Crippen LogP contribution in [0.15, 0.2) is 59.8 Å². The zero-order chi connectivity index (χ0) is 25.0. The van der Waals surface area contributed by atoms with Gasteiger partial charge >= 0.3 is 5.97 Å². The number of aliphatic hydroxyl groups excluding tert-OH is 1. The molecular weight excluding hydrogens is 412 g/mol. The molecule has 0 aliphatic carbocycles. The second-order valence-corrected chi connectivity index (χ2v) is 9.45. The molecule has 0 unspecified atom stereocenters. The Bertz CT molecular complexity index is 783. The van der Waals surface area contributed by atoms with E-state index >= 15 is 0 Å². The van der Waals surface area contributed by atoms with Crippen molar-refractivity contribution in [3.63, 3.8) is 0 Å². The van der Waals surface area contributed by atoms with Gasteiger partial charge in [0.2, 0.25) is 0 Å². The predicted octanol–water partition coefficient (Wildman–Crippen LogP) is 6.53. The predicted molar refractivity (Wildman–Crippen MR) is 137 cm³/mol. The summed E-state index contributed by atoms with van der Waals surface area (Å²) in [5, 5.41) is 10.4. The minimum atomic E-state index is -0.592. The van der Waals surface area contributed by atoms with E-state index in [1.165, 1.54) is 11.6 Å². The molecule has 6 atom stereocenters. The fourth-order valence-electron chi connectivity index (χ4n) is 3.93. The van der Waals surface area contributed by atoms with Gasteiger partial charge in [0, 0.05) is 24.3 Å². The Morgan fingerprint density at radius 1 is 1.18 bits per heavy atom. The average Bonchev–Trinajstić information content (AvgIpc) is 2.79. The molecule has 1 N–H and O–H groups in total. The number of hydrogen-bond donors (Lipinski definition) is 1. The zero-order valence-corrected chi connectivity index (χ0v) is 21.6. The van der Waals surface area contributed by atoms with Crippen LogP contribution < -0.4 is 0 Å². The van der Waals surface area contributed by atoms with Crippen molar-refractivity contribution in [2.45, 2.75) is 86.4 Å². The number of esters is 1.